The molecule has 3 nitrogen and oxygen atoms in total. The quantitative estimate of drug-likeness (QED) is 0.346. The molecule has 0 aliphatic heterocycles. The first-order valence-electron chi connectivity index (χ1n) is 2.70. The van der Waals surface area contributed by atoms with Gasteiger partial charge in [0, 0.05) is 12.4 Å². The second kappa shape index (κ2) is 7.12. The number of rotatable bonds is 3. The summed E-state index contributed by atoms with van der Waals surface area (Å²) < 4.78 is 0. The van der Waals surface area contributed by atoms with Crippen LogP contribution in [-0.4, -0.2) is 11.1 Å². The van der Waals surface area contributed by atoms with Gasteiger partial charge < -0.3 is 15.0 Å². The molecule has 10 heavy (non-hydrogen) atoms. The molecule has 0 aliphatic rings. The number of hydrogen-bond donors (Lipinski definition) is 1. The largest absolute Gasteiger partial charge is 1.00 e. The van der Waals surface area contributed by atoms with Crippen molar-refractivity contribution >= 4 is 5.97 Å². The van der Waals surface area contributed by atoms with Gasteiger partial charge in [0.25, 0.3) is 0 Å². The van der Waals surface area contributed by atoms with Crippen molar-refractivity contribution in [1.82, 2.24) is 0 Å². The summed E-state index contributed by atoms with van der Waals surface area (Å²) in [4.78, 5) is 9.77. The molecule has 0 aliphatic carbocycles. The molecule has 1 N–H and O–H groups in total. The average Bonchev–Trinajstić information content (AvgIpc) is 1.83. The van der Waals surface area contributed by atoms with Gasteiger partial charge in [0.1, 0.15) is 0 Å². The Morgan fingerprint density at radius 2 is 2.10 bits per heavy atom. The predicted octanol–water partition coefficient (Wildman–Crippen LogP) is -3.02. The topological polar surface area (TPSA) is 60.4 Å². The van der Waals surface area contributed by atoms with Crippen LogP contribution in [0.2, 0.25) is 0 Å². The van der Waals surface area contributed by atoms with E-state index in [9.17, 15) is 9.90 Å². The molecule has 0 bridgehead atoms. The van der Waals surface area contributed by atoms with Crippen molar-refractivity contribution in [3.8, 4) is 0 Å². The number of aliphatic hydroxyl groups is 1. The number of allylic oxidation sites excluding steroid dienone is 2. The van der Waals surface area contributed by atoms with E-state index in [-0.39, 0.29) is 48.2 Å². The van der Waals surface area contributed by atoms with Crippen molar-refractivity contribution in [3.63, 3.8) is 0 Å². The number of hydrogen-bond acceptors (Lipinski definition) is 3. The third-order valence-corrected chi connectivity index (χ3v) is 0.918. The summed E-state index contributed by atoms with van der Waals surface area (Å²) in [6.07, 6.45) is 1.51. The Morgan fingerprint density at radius 1 is 1.60 bits per heavy atom. The molecule has 52 valence electrons. The number of carbonyl (C=O) groups excluding carboxylic acids is 1. The maximum atomic E-state index is 9.77. The number of aliphatic carboxylic acids is 1. The molecule has 0 rings (SSSR count). The molecule has 0 atom stereocenters. The molecule has 0 aromatic carbocycles. The van der Waals surface area contributed by atoms with Crippen LogP contribution in [-0.2, 0) is 4.79 Å². The third kappa shape index (κ3) is 8.01. The van der Waals surface area contributed by atoms with E-state index in [1.165, 1.54) is 6.08 Å². The van der Waals surface area contributed by atoms with Crippen molar-refractivity contribution < 1.29 is 44.6 Å². The second-order valence-electron chi connectivity index (χ2n) is 1.65. The van der Waals surface area contributed by atoms with E-state index in [0.29, 0.717) is 0 Å². The number of carboxylic acid groups (broad SMARTS) is 1. The monoisotopic (exact) mass is 152 g/mol. The molecule has 0 spiro atoms. The summed E-state index contributed by atoms with van der Waals surface area (Å²) in [6.45, 7) is 1.64. The van der Waals surface area contributed by atoms with Crippen LogP contribution in [0, 0.1) is 0 Å². The number of aliphatic hydroxyl groups excluding tert-OH is 1. The van der Waals surface area contributed by atoms with Crippen molar-refractivity contribution in [3.05, 3.63) is 11.8 Å². The molecule has 0 radical (unpaired) electrons. The van der Waals surface area contributed by atoms with E-state index < -0.39 is 5.97 Å². The van der Waals surface area contributed by atoms with Crippen LogP contribution in [0.4, 0.5) is 0 Å². The first-order chi connectivity index (χ1) is 4.16. The van der Waals surface area contributed by atoms with E-state index in [0.717, 1.165) is 0 Å². The standard InChI is InChI=1S/C6H10O3.Na/c1-2-5(7)3-4-6(8)9;/h2,7H,3-4H2,1H3,(H,8,9);/q;+1/p-1. The van der Waals surface area contributed by atoms with Gasteiger partial charge in [0.2, 0.25) is 0 Å². The third-order valence-electron chi connectivity index (χ3n) is 0.918. The Balaban J connectivity index is 0. The first kappa shape index (κ1) is 12.7. The van der Waals surface area contributed by atoms with Crippen LogP contribution in [0.3, 0.4) is 0 Å². The summed E-state index contributed by atoms with van der Waals surface area (Å²) >= 11 is 0. The molecule has 0 heterocycles. The van der Waals surface area contributed by atoms with Gasteiger partial charge in [-0.1, -0.05) is 0 Å². The molecular formula is C6H9NaO3. The van der Waals surface area contributed by atoms with E-state index in [1.54, 1.807) is 6.92 Å². The number of carboxylic acids is 1. The van der Waals surface area contributed by atoms with E-state index in [4.69, 9.17) is 5.11 Å². The Kier molecular flexibility index (Phi) is 9.02. The minimum Gasteiger partial charge on any atom is -0.550 e. The maximum absolute atomic E-state index is 9.77. The van der Waals surface area contributed by atoms with Crippen molar-refractivity contribution in [1.29, 1.82) is 0 Å². The van der Waals surface area contributed by atoms with Gasteiger partial charge in [-0.25, -0.2) is 0 Å². The van der Waals surface area contributed by atoms with Gasteiger partial charge >= 0.3 is 29.6 Å². The molecule has 0 aromatic rings. The van der Waals surface area contributed by atoms with E-state index in [1.807, 2.05) is 0 Å². The molecule has 0 fully saturated rings. The van der Waals surface area contributed by atoms with Crippen LogP contribution >= 0.6 is 0 Å². The normalized spacial score (nSPS) is 10.3. The SMILES string of the molecule is CC=C(O)CCC(=O)[O-].[Na+]. The second-order valence-corrected chi connectivity index (χ2v) is 1.65. The van der Waals surface area contributed by atoms with Gasteiger partial charge in [0.15, 0.2) is 0 Å². The Morgan fingerprint density at radius 3 is 2.40 bits per heavy atom. The van der Waals surface area contributed by atoms with Crippen molar-refractivity contribution in [2.75, 3.05) is 0 Å². The molecule has 0 unspecified atom stereocenters. The Bertz CT molecular complexity index is 131. The molecule has 0 saturated heterocycles. The zero-order valence-corrected chi connectivity index (χ0v) is 8.26. The van der Waals surface area contributed by atoms with E-state index >= 15 is 0 Å². The van der Waals surface area contributed by atoms with Gasteiger partial charge in [-0.15, -0.1) is 0 Å². The average molecular weight is 152 g/mol. The fraction of sp³-hybridized carbons (Fsp3) is 0.500. The summed E-state index contributed by atoms with van der Waals surface area (Å²) in [5.41, 5.74) is 0. The fourth-order valence-electron chi connectivity index (χ4n) is 0.374. The summed E-state index contributed by atoms with van der Waals surface area (Å²) in [7, 11) is 0. The van der Waals surface area contributed by atoms with Crippen molar-refractivity contribution in [2.24, 2.45) is 0 Å². The molecule has 4 heteroatoms. The Hall–Kier alpha value is 0.0100. The predicted molar refractivity (Wildman–Crippen MR) is 30.6 cm³/mol. The summed E-state index contributed by atoms with van der Waals surface area (Å²) in [6, 6.07) is 0. The summed E-state index contributed by atoms with van der Waals surface area (Å²) in [5, 5.41) is 18.4. The van der Waals surface area contributed by atoms with E-state index in [2.05, 4.69) is 0 Å². The zero-order chi connectivity index (χ0) is 7.28. The molecule has 0 aromatic heterocycles. The molecule has 0 saturated carbocycles. The van der Waals surface area contributed by atoms with Crippen molar-refractivity contribution in [2.45, 2.75) is 19.8 Å². The van der Waals surface area contributed by atoms with Crippen LogP contribution in [0.15, 0.2) is 11.8 Å². The zero-order valence-electron chi connectivity index (χ0n) is 6.26. The van der Waals surface area contributed by atoms with Crippen LogP contribution in [0.25, 0.3) is 0 Å². The van der Waals surface area contributed by atoms with Crippen LogP contribution in [0.1, 0.15) is 19.8 Å². The smallest absolute Gasteiger partial charge is 0.550 e. The minimum absolute atomic E-state index is 0. The van der Waals surface area contributed by atoms with Gasteiger partial charge in [-0.05, 0) is 19.4 Å². The molecule has 0 amide bonds. The van der Waals surface area contributed by atoms with Gasteiger partial charge in [0.05, 0.1) is 5.76 Å². The fourth-order valence-corrected chi connectivity index (χ4v) is 0.374. The Labute approximate surface area is 82.0 Å². The van der Waals surface area contributed by atoms with Gasteiger partial charge in [-0.3, -0.25) is 0 Å². The summed E-state index contributed by atoms with van der Waals surface area (Å²) in [5.74, 6) is -1.04. The van der Waals surface area contributed by atoms with Crippen LogP contribution < -0.4 is 34.7 Å². The minimum atomic E-state index is -1.14. The molecular weight excluding hydrogens is 143 g/mol. The van der Waals surface area contributed by atoms with Crippen LogP contribution in [0.5, 0.6) is 0 Å². The van der Waals surface area contributed by atoms with Gasteiger partial charge in [-0.2, -0.15) is 0 Å². The number of carbonyl (C=O) groups is 1. The first-order valence-corrected chi connectivity index (χ1v) is 2.70. The maximum Gasteiger partial charge on any atom is 1.00 e.